The van der Waals surface area contributed by atoms with Crippen molar-refractivity contribution in [2.75, 3.05) is 13.1 Å². The molecule has 1 aromatic heterocycles. The molecular formula is C14H20N2O2S. The van der Waals surface area contributed by atoms with Crippen molar-refractivity contribution in [2.45, 2.75) is 32.7 Å². The molecule has 1 saturated heterocycles. The Balaban J connectivity index is 1.97. The van der Waals surface area contributed by atoms with Gasteiger partial charge in [-0.05, 0) is 34.7 Å². The predicted molar refractivity (Wildman–Crippen MR) is 76.0 cm³/mol. The Labute approximate surface area is 117 Å². The number of thiophene rings is 1. The fourth-order valence-corrected chi connectivity index (χ4v) is 3.16. The first-order valence-electron chi connectivity index (χ1n) is 6.68. The number of nitrogens with one attached hydrogen (secondary N) is 1. The van der Waals surface area contributed by atoms with E-state index in [1.807, 2.05) is 25.3 Å². The number of hydrogen-bond donors (Lipinski definition) is 1. The van der Waals surface area contributed by atoms with Gasteiger partial charge in [-0.25, -0.2) is 0 Å². The summed E-state index contributed by atoms with van der Waals surface area (Å²) >= 11 is 1.64. The van der Waals surface area contributed by atoms with Crippen LogP contribution in [0.4, 0.5) is 0 Å². The Morgan fingerprint density at radius 1 is 1.58 bits per heavy atom. The summed E-state index contributed by atoms with van der Waals surface area (Å²) in [4.78, 5) is 25.9. The van der Waals surface area contributed by atoms with Crippen LogP contribution in [-0.4, -0.2) is 35.8 Å². The summed E-state index contributed by atoms with van der Waals surface area (Å²) in [6.45, 7) is 5.15. The zero-order chi connectivity index (χ0) is 13.8. The van der Waals surface area contributed by atoms with E-state index in [2.05, 4.69) is 10.7 Å². The van der Waals surface area contributed by atoms with Crippen molar-refractivity contribution in [3.63, 3.8) is 0 Å². The molecule has 0 saturated carbocycles. The van der Waals surface area contributed by atoms with E-state index in [-0.39, 0.29) is 23.8 Å². The number of hydrogen-bond acceptors (Lipinski definition) is 3. The van der Waals surface area contributed by atoms with Gasteiger partial charge in [-0.2, -0.15) is 11.3 Å². The molecule has 0 radical (unpaired) electrons. The molecule has 0 bridgehead atoms. The molecule has 19 heavy (non-hydrogen) atoms. The minimum absolute atomic E-state index is 0.0230. The molecule has 1 atom stereocenters. The van der Waals surface area contributed by atoms with Gasteiger partial charge in [0.05, 0.1) is 0 Å². The monoisotopic (exact) mass is 280 g/mol. The predicted octanol–water partition coefficient (Wildman–Crippen LogP) is 1.66. The van der Waals surface area contributed by atoms with Crippen LogP contribution in [0.1, 0.15) is 25.8 Å². The van der Waals surface area contributed by atoms with Gasteiger partial charge in [0.2, 0.25) is 11.8 Å². The summed E-state index contributed by atoms with van der Waals surface area (Å²) in [6, 6.07) is 1.73. The van der Waals surface area contributed by atoms with Crippen molar-refractivity contribution in [3.05, 3.63) is 22.4 Å². The maximum atomic E-state index is 12.3. The van der Waals surface area contributed by atoms with Crippen molar-refractivity contribution in [3.8, 4) is 0 Å². The molecule has 2 rings (SSSR count). The molecule has 1 N–H and O–H groups in total. The topological polar surface area (TPSA) is 49.4 Å². The largest absolute Gasteiger partial charge is 0.353 e. The van der Waals surface area contributed by atoms with Crippen LogP contribution < -0.4 is 5.32 Å². The second kappa shape index (κ2) is 6.19. The highest BCUT2D eigenvalue weighted by Crippen LogP contribution is 2.17. The van der Waals surface area contributed by atoms with E-state index in [1.54, 1.807) is 16.2 Å². The molecular weight excluding hydrogens is 260 g/mol. The van der Waals surface area contributed by atoms with Gasteiger partial charge >= 0.3 is 0 Å². The van der Waals surface area contributed by atoms with Gasteiger partial charge in [0, 0.05) is 19.5 Å². The summed E-state index contributed by atoms with van der Waals surface area (Å²) in [6.07, 6.45) is 1.23. The van der Waals surface area contributed by atoms with Crippen LogP contribution >= 0.6 is 11.3 Å². The first-order chi connectivity index (χ1) is 9.09. The first-order valence-corrected chi connectivity index (χ1v) is 7.62. The normalized spacial score (nSPS) is 19.6. The van der Waals surface area contributed by atoms with Crippen LogP contribution in [0.2, 0.25) is 0 Å². The SMILES string of the molecule is CC(C)[C@H]1C(=O)NCCN1C(=O)CCc1ccsc1. The summed E-state index contributed by atoms with van der Waals surface area (Å²) in [7, 11) is 0. The number of rotatable bonds is 4. The summed E-state index contributed by atoms with van der Waals surface area (Å²) in [5, 5.41) is 6.92. The number of nitrogens with zero attached hydrogens (tertiary/aromatic N) is 1. The molecule has 1 aliphatic heterocycles. The molecule has 0 spiro atoms. The fraction of sp³-hybridized carbons (Fsp3) is 0.571. The van der Waals surface area contributed by atoms with Crippen LogP contribution in [0.5, 0.6) is 0 Å². The van der Waals surface area contributed by atoms with E-state index in [4.69, 9.17) is 0 Å². The van der Waals surface area contributed by atoms with Crippen molar-refractivity contribution in [1.29, 1.82) is 0 Å². The molecule has 2 heterocycles. The summed E-state index contributed by atoms with van der Waals surface area (Å²) < 4.78 is 0. The fourth-order valence-electron chi connectivity index (χ4n) is 2.46. The van der Waals surface area contributed by atoms with E-state index in [9.17, 15) is 9.59 Å². The number of aryl methyl sites for hydroxylation is 1. The van der Waals surface area contributed by atoms with Gasteiger partial charge in [-0.3, -0.25) is 9.59 Å². The van der Waals surface area contributed by atoms with E-state index < -0.39 is 0 Å². The Hall–Kier alpha value is -1.36. The molecule has 1 aromatic rings. The van der Waals surface area contributed by atoms with Crippen LogP contribution in [0.3, 0.4) is 0 Å². The van der Waals surface area contributed by atoms with Crippen molar-refractivity contribution >= 4 is 23.2 Å². The van der Waals surface area contributed by atoms with Gasteiger partial charge in [0.1, 0.15) is 6.04 Å². The number of carbonyl (C=O) groups is 2. The Kier molecular flexibility index (Phi) is 4.58. The van der Waals surface area contributed by atoms with E-state index in [1.165, 1.54) is 5.56 Å². The second-order valence-corrected chi connectivity index (χ2v) is 5.98. The quantitative estimate of drug-likeness (QED) is 0.912. The van der Waals surface area contributed by atoms with Crippen LogP contribution in [0.25, 0.3) is 0 Å². The second-order valence-electron chi connectivity index (χ2n) is 5.20. The average molecular weight is 280 g/mol. The lowest BCUT2D eigenvalue weighted by Gasteiger charge is -2.37. The zero-order valence-electron chi connectivity index (χ0n) is 11.4. The molecule has 0 unspecified atom stereocenters. The lowest BCUT2D eigenvalue weighted by molar-refractivity contribution is -0.145. The van der Waals surface area contributed by atoms with Crippen molar-refractivity contribution in [1.82, 2.24) is 10.2 Å². The molecule has 4 nitrogen and oxygen atoms in total. The zero-order valence-corrected chi connectivity index (χ0v) is 12.2. The molecule has 0 aliphatic carbocycles. The van der Waals surface area contributed by atoms with Gasteiger partial charge in [0.15, 0.2) is 0 Å². The van der Waals surface area contributed by atoms with Gasteiger partial charge in [-0.15, -0.1) is 0 Å². The molecule has 5 heteroatoms. The van der Waals surface area contributed by atoms with E-state index in [0.29, 0.717) is 19.5 Å². The molecule has 1 aliphatic rings. The summed E-state index contributed by atoms with van der Waals surface area (Å²) in [5.74, 6) is 0.204. The minimum atomic E-state index is -0.316. The van der Waals surface area contributed by atoms with E-state index in [0.717, 1.165) is 6.42 Å². The summed E-state index contributed by atoms with van der Waals surface area (Å²) in [5.41, 5.74) is 1.20. The number of carbonyl (C=O) groups excluding carboxylic acids is 2. The Morgan fingerprint density at radius 3 is 3.00 bits per heavy atom. The highest BCUT2D eigenvalue weighted by Gasteiger charge is 2.34. The highest BCUT2D eigenvalue weighted by atomic mass is 32.1. The first kappa shape index (κ1) is 14.1. The number of amides is 2. The van der Waals surface area contributed by atoms with E-state index >= 15 is 0 Å². The Morgan fingerprint density at radius 2 is 2.37 bits per heavy atom. The van der Waals surface area contributed by atoms with Gasteiger partial charge < -0.3 is 10.2 Å². The standard InChI is InChI=1S/C14H20N2O2S/c1-10(2)13-14(18)15-6-7-16(13)12(17)4-3-11-5-8-19-9-11/h5,8-10,13H,3-4,6-7H2,1-2H3,(H,15,18)/t13-/m0/s1. The Bertz CT molecular complexity index is 442. The third-order valence-corrected chi connectivity index (χ3v) is 4.15. The van der Waals surface area contributed by atoms with Crippen LogP contribution in [-0.2, 0) is 16.0 Å². The molecule has 104 valence electrons. The smallest absolute Gasteiger partial charge is 0.243 e. The molecule has 1 fully saturated rings. The molecule has 0 aromatic carbocycles. The maximum absolute atomic E-state index is 12.3. The third-order valence-electron chi connectivity index (χ3n) is 3.42. The lowest BCUT2D eigenvalue weighted by atomic mass is 9.99. The molecule has 2 amide bonds. The maximum Gasteiger partial charge on any atom is 0.243 e. The van der Waals surface area contributed by atoms with Crippen molar-refractivity contribution < 1.29 is 9.59 Å². The third kappa shape index (κ3) is 3.35. The highest BCUT2D eigenvalue weighted by molar-refractivity contribution is 7.07. The average Bonchev–Trinajstić information content (AvgIpc) is 2.88. The minimum Gasteiger partial charge on any atom is -0.353 e. The lowest BCUT2D eigenvalue weighted by Crippen LogP contribution is -2.59. The number of piperazine rings is 1. The van der Waals surface area contributed by atoms with Crippen molar-refractivity contribution in [2.24, 2.45) is 5.92 Å². The van der Waals surface area contributed by atoms with Gasteiger partial charge in [-0.1, -0.05) is 13.8 Å². The van der Waals surface area contributed by atoms with Crippen LogP contribution in [0.15, 0.2) is 16.8 Å². The van der Waals surface area contributed by atoms with Gasteiger partial charge in [0.25, 0.3) is 0 Å². The van der Waals surface area contributed by atoms with Crippen LogP contribution in [0, 0.1) is 5.92 Å².